The number of para-hydroxylation sites is 2. The lowest BCUT2D eigenvalue weighted by atomic mass is 10.1. The first-order chi connectivity index (χ1) is 16.0. The van der Waals surface area contributed by atoms with Gasteiger partial charge >= 0.3 is 0 Å². The number of imidazole rings is 1. The molecule has 0 atom stereocenters. The predicted octanol–water partition coefficient (Wildman–Crippen LogP) is 5.51. The highest BCUT2D eigenvalue weighted by Crippen LogP contribution is 2.35. The molecule has 0 aliphatic carbocycles. The minimum absolute atomic E-state index is 0.0757. The van der Waals surface area contributed by atoms with Crippen LogP contribution < -0.4 is 19.6 Å². The Kier molecular flexibility index (Phi) is 5.91. The highest BCUT2D eigenvalue weighted by molar-refractivity contribution is 9.10. The summed E-state index contributed by atoms with van der Waals surface area (Å²) in [5.74, 6) is 1.29. The molecular formula is C26H21BrN2O3S. The van der Waals surface area contributed by atoms with Crippen molar-refractivity contribution in [1.82, 2.24) is 9.38 Å². The molecule has 3 aromatic carbocycles. The third kappa shape index (κ3) is 4.26. The van der Waals surface area contributed by atoms with E-state index in [1.807, 2.05) is 49.4 Å². The zero-order valence-corrected chi connectivity index (χ0v) is 20.6. The van der Waals surface area contributed by atoms with Crippen LogP contribution in [0.25, 0.3) is 22.1 Å². The van der Waals surface area contributed by atoms with Crippen LogP contribution in [-0.2, 0) is 6.61 Å². The van der Waals surface area contributed by atoms with E-state index < -0.39 is 0 Å². The summed E-state index contributed by atoms with van der Waals surface area (Å²) in [6, 6.07) is 19.7. The molecule has 5 aromatic rings. The van der Waals surface area contributed by atoms with Gasteiger partial charge in [0.1, 0.15) is 6.61 Å². The molecule has 5 rings (SSSR count). The van der Waals surface area contributed by atoms with Gasteiger partial charge in [0, 0.05) is 4.47 Å². The van der Waals surface area contributed by atoms with Gasteiger partial charge in [-0.1, -0.05) is 69.2 Å². The van der Waals surface area contributed by atoms with E-state index in [0.29, 0.717) is 34.2 Å². The zero-order valence-electron chi connectivity index (χ0n) is 18.2. The Morgan fingerprint density at radius 1 is 1.06 bits per heavy atom. The fourth-order valence-electron chi connectivity index (χ4n) is 3.64. The van der Waals surface area contributed by atoms with Crippen LogP contribution in [0.15, 0.2) is 69.9 Å². The van der Waals surface area contributed by atoms with Gasteiger partial charge in [-0.05, 0) is 55.3 Å². The molecule has 33 heavy (non-hydrogen) atoms. The van der Waals surface area contributed by atoms with Crippen LogP contribution in [-0.4, -0.2) is 16.0 Å². The molecule has 0 saturated carbocycles. The number of thiazole rings is 1. The molecule has 0 unspecified atom stereocenters. The number of aryl methyl sites for hydroxylation is 1. The normalized spacial score (nSPS) is 12.0. The third-order valence-corrected chi connectivity index (χ3v) is 6.97. The number of hydrogen-bond donors (Lipinski definition) is 0. The van der Waals surface area contributed by atoms with E-state index in [1.165, 1.54) is 16.9 Å². The van der Waals surface area contributed by atoms with Crippen molar-refractivity contribution in [3.8, 4) is 11.5 Å². The summed E-state index contributed by atoms with van der Waals surface area (Å²) >= 11 is 5.01. The van der Waals surface area contributed by atoms with Crippen molar-refractivity contribution in [3.05, 3.63) is 96.7 Å². The summed E-state index contributed by atoms with van der Waals surface area (Å²) in [7, 11) is 0. The molecule has 0 aliphatic rings. The summed E-state index contributed by atoms with van der Waals surface area (Å²) in [5.41, 5.74) is 4.70. The number of ether oxygens (including phenoxy) is 2. The Bertz CT molecular complexity index is 1570. The minimum atomic E-state index is -0.0757. The van der Waals surface area contributed by atoms with E-state index in [4.69, 9.17) is 9.47 Å². The molecule has 0 aliphatic heterocycles. The summed E-state index contributed by atoms with van der Waals surface area (Å²) in [4.78, 5) is 18.4. The Labute approximate surface area is 203 Å². The monoisotopic (exact) mass is 520 g/mol. The van der Waals surface area contributed by atoms with Gasteiger partial charge in [0.05, 0.1) is 22.2 Å². The molecule has 0 amide bonds. The molecule has 5 nitrogen and oxygen atoms in total. The second-order valence-corrected chi connectivity index (χ2v) is 9.53. The molecular weight excluding hydrogens is 500 g/mol. The second kappa shape index (κ2) is 9.00. The van der Waals surface area contributed by atoms with E-state index in [9.17, 15) is 4.79 Å². The highest BCUT2D eigenvalue weighted by atomic mass is 79.9. The van der Waals surface area contributed by atoms with Gasteiger partial charge in [-0.15, -0.1) is 0 Å². The third-order valence-electron chi connectivity index (χ3n) is 5.31. The van der Waals surface area contributed by atoms with Gasteiger partial charge in [-0.25, -0.2) is 9.38 Å². The SMILES string of the molecule is CCOc1cc(/C=c2\sc3nc4ccccc4n3c2=O)c(Br)cc1OCc1ccc(C)cc1. The van der Waals surface area contributed by atoms with Crippen molar-refractivity contribution in [2.45, 2.75) is 20.5 Å². The fraction of sp³-hybridized carbons (Fsp3) is 0.154. The number of halogens is 1. The van der Waals surface area contributed by atoms with Gasteiger partial charge in [-0.3, -0.25) is 4.79 Å². The van der Waals surface area contributed by atoms with Gasteiger partial charge in [0.15, 0.2) is 16.5 Å². The first-order valence-electron chi connectivity index (χ1n) is 10.6. The van der Waals surface area contributed by atoms with Crippen LogP contribution in [0, 0.1) is 6.92 Å². The van der Waals surface area contributed by atoms with Gasteiger partial charge in [0.25, 0.3) is 5.56 Å². The fourth-order valence-corrected chi connectivity index (χ4v) is 5.06. The molecule has 0 radical (unpaired) electrons. The zero-order chi connectivity index (χ0) is 22.9. The largest absolute Gasteiger partial charge is 0.490 e. The van der Waals surface area contributed by atoms with E-state index in [-0.39, 0.29) is 5.56 Å². The van der Waals surface area contributed by atoms with Gasteiger partial charge < -0.3 is 9.47 Å². The number of nitrogens with zero attached hydrogens (tertiary/aromatic N) is 2. The quantitative estimate of drug-likeness (QED) is 0.296. The lowest BCUT2D eigenvalue weighted by Crippen LogP contribution is -2.22. The topological polar surface area (TPSA) is 52.8 Å². The van der Waals surface area contributed by atoms with Crippen molar-refractivity contribution in [3.63, 3.8) is 0 Å². The van der Waals surface area contributed by atoms with Crippen molar-refractivity contribution in [2.24, 2.45) is 0 Å². The summed E-state index contributed by atoms with van der Waals surface area (Å²) < 4.78 is 15.0. The standard InChI is InChI=1S/C26H21BrN2O3S/c1-3-31-22-12-18(19(27)14-23(22)32-15-17-10-8-16(2)9-11-17)13-24-25(30)29-21-7-5-4-6-20(21)28-26(29)33-24/h4-14H,3,15H2,1-2H3/b24-13-. The first kappa shape index (κ1) is 21.7. The van der Waals surface area contributed by atoms with Crippen molar-refractivity contribution in [1.29, 1.82) is 0 Å². The van der Waals surface area contributed by atoms with E-state index in [2.05, 4.69) is 52.1 Å². The highest BCUT2D eigenvalue weighted by Gasteiger charge is 2.13. The smallest absolute Gasteiger partial charge is 0.274 e. The van der Waals surface area contributed by atoms with Crippen molar-refractivity contribution < 1.29 is 9.47 Å². The Morgan fingerprint density at radius 2 is 1.82 bits per heavy atom. The summed E-state index contributed by atoms with van der Waals surface area (Å²) in [6.07, 6.45) is 1.87. The minimum Gasteiger partial charge on any atom is -0.490 e. The molecule has 0 saturated heterocycles. The van der Waals surface area contributed by atoms with E-state index in [1.54, 1.807) is 4.40 Å². The van der Waals surface area contributed by atoms with Crippen molar-refractivity contribution >= 4 is 49.3 Å². The molecule has 0 spiro atoms. The number of rotatable bonds is 6. The lowest BCUT2D eigenvalue weighted by Gasteiger charge is -2.14. The maximum absolute atomic E-state index is 13.1. The number of hydrogen-bond acceptors (Lipinski definition) is 5. The number of fused-ring (bicyclic) bond motifs is 3. The molecule has 2 heterocycles. The number of benzene rings is 3. The van der Waals surface area contributed by atoms with Crippen LogP contribution >= 0.6 is 27.3 Å². The molecule has 0 fully saturated rings. The van der Waals surface area contributed by atoms with Gasteiger partial charge in [0.2, 0.25) is 0 Å². The molecule has 7 heteroatoms. The molecule has 0 N–H and O–H groups in total. The Morgan fingerprint density at radius 3 is 2.61 bits per heavy atom. The maximum atomic E-state index is 13.1. The van der Waals surface area contributed by atoms with Gasteiger partial charge in [-0.2, -0.15) is 0 Å². The van der Waals surface area contributed by atoms with Crippen LogP contribution in [0.2, 0.25) is 0 Å². The average Bonchev–Trinajstić information content (AvgIpc) is 3.32. The van der Waals surface area contributed by atoms with E-state index in [0.717, 1.165) is 26.6 Å². The Balaban J connectivity index is 1.52. The van der Waals surface area contributed by atoms with E-state index >= 15 is 0 Å². The summed E-state index contributed by atoms with van der Waals surface area (Å²) in [6.45, 7) is 4.94. The predicted molar refractivity (Wildman–Crippen MR) is 136 cm³/mol. The van der Waals surface area contributed by atoms with Crippen LogP contribution in [0.5, 0.6) is 11.5 Å². The number of aromatic nitrogens is 2. The lowest BCUT2D eigenvalue weighted by molar-refractivity contribution is 0.269. The second-order valence-electron chi connectivity index (χ2n) is 7.66. The van der Waals surface area contributed by atoms with Crippen LogP contribution in [0.3, 0.4) is 0 Å². The first-order valence-corrected chi connectivity index (χ1v) is 12.2. The van der Waals surface area contributed by atoms with Crippen LogP contribution in [0.4, 0.5) is 0 Å². The molecule has 0 bridgehead atoms. The maximum Gasteiger partial charge on any atom is 0.274 e. The Hall–Kier alpha value is -3.16. The summed E-state index contributed by atoms with van der Waals surface area (Å²) in [5, 5.41) is 0. The molecule has 2 aromatic heterocycles. The van der Waals surface area contributed by atoms with Crippen LogP contribution in [0.1, 0.15) is 23.6 Å². The average molecular weight is 521 g/mol. The molecule has 166 valence electrons. The van der Waals surface area contributed by atoms with Crippen molar-refractivity contribution in [2.75, 3.05) is 6.61 Å².